The van der Waals surface area contributed by atoms with Crippen LogP contribution in [0, 0.1) is 0 Å². The van der Waals surface area contributed by atoms with Crippen molar-refractivity contribution in [3.8, 4) is 0 Å². The normalized spacial score (nSPS) is 16.6. The van der Waals surface area contributed by atoms with Crippen LogP contribution in [0.4, 0.5) is 0 Å². The number of nitrogens with one attached hydrogen (secondary N) is 2. The number of halogens is 1. The predicted molar refractivity (Wildman–Crippen MR) is 143 cm³/mol. The van der Waals surface area contributed by atoms with Crippen molar-refractivity contribution in [2.45, 2.75) is 58.6 Å². The van der Waals surface area contributed by atoms with Crippen molar-refractivity contribution in [1.29, 1.82) is 0 Å². The van der Waals surface area contributed by atoms with Gasteiger partial charge in [-0.05, 0) is 51.8 Å². The summed E-state index contributed by atoms with van der Waals surface area (Å²) >= 11 is 6.55. The lowest BCUT2D eigenvalue weighted by Crippen LogP contribution is -2.47. The van der Waals surface area contributed by atoms with Crippen LogP contribution in [0.3, 0.4) is 0 Å². The number of dihydropyridines is 1. The van der Waals surface area contributed by atoms with Crippen molar-refractivity contribution < 1.29 is 23.9 Å². The van der Waals surface area contributed by atoms with Crippen LogP contribution in [0.25, 0.3) is 0 Å². The molecule has 1 aliphatic heterocycles. The van der Waals surface area contributed by atoms with E-state index >= 15 is 0 Å². The second kappa shape index (κ2) is 11.6. The second-order valence-electron chi connectivity index (χ2n) is 9.90. The minimum Gasteiger partial charge on any atom is -0.466 e. The van der Waals surface area contributed by atoms with Gasteiger partial charge in [0.15, 0.2) is 0 Å². The summed E-state index contributed by atoms with van der Waals surface area (Å²) in [6, 6.07) is 15.4. The molecule has 0 fully saturated rings. The zero-order chi connectivity index (χ0) is 27.3. The molecule has 2 atom stereocenters. The lowest BCUT2D eigenvalue weighted by atomic mass is 9.80. The van der Waals surface area contributed by atoms with Gasteiger partial charge in [0.1, 0.15) is 11.6 Å². The molecule has 8 heteroatoms. The van der Waals surface area contributed by atoms with Gasteiger partial charge < -0.3 is 20.1 Å². The first-order chi connectivity index (χ1) is 17.4. The molecule has 7 nitrogen and oxygen atoms in total. The van der Waals surface area contributed by atoms with Crippen LogP contribution in [0.15, 0.2) is 77.1 Å². The summed E-state index contributed by atoms with van der Waals surface area (Å²) in [5.74, 6) is -2.46. The van der Waals surface area contributed by atoms with E-state index in [1.807, 2.05) is 30.3 Å². The highest BCUT2D eigenvalue weighted by Crippen LogP contribution is 2.41. The number of hydrogen-bond donors (Lipinski definition) is 2. The number of carbonyl (C=O) groups is 3. The van der Waals surface area contributed by atoms with Gasteiger partial charge in [0.05, 0.1) is 18.6 Å². The van der Waals surface area contributed by atoms with Crippen molar-refractivity contribution in [1.82, 2.24) is 10.6 Å². The molecule has 1 heterocycles. The number of esters is 2. The molecule has 1 aliphatic rings. The van der Waals surface area contributed by atoms with Crippen LogP contribution < -0.4 is 10.6 Å². The molecular formula is C29H33ClN2O5. The van der Waals surface area contributed by atoms with Gasteiger partial charge >= 0.3 is 11.9 Å². The quantitative estimate of drug-likeness (QED) is 0.504. The Kier molecular flexibility index (Phi) is 8.81. The third kappa shape index (κ3) is 6.80. The first-order valence-corrected chi connectivity index (χ1v) is 12.4. The van der Waals surface area contributed by atoms with Gasteiger partial charge in [-0.15, -0.1) is 0 Å². The highest BCUT2D eigenvalue weighted by atomic mass is 35.5. The van der Waals surface area contributed by atoms with Crippen molar-refractivity contribution in [3.05, 3.63) is 93.3 Å². The van der Waals surface area contributed by atoms with Crippen LogP contribution >= 0.6 is 11.6 Å². The number of amides is 1. The van der Waals surface area contributed by atoms with E-state index in [4.69, 9.17) is 21.1 Å². The topological polar surface area (TPSA) is 93.7 Å². The molecular weight excluding hydrogens is 492 g/mol. The summed E-state index contributed by atoms with van der Waals surface area (Å²) in [5.41, 5.74) is 2.32. The third-order valence-corrected chi connectivity index (χ3v) is 6.25. The molecule has 0 aromatic heterocycles. The fraction of sp³-hybridized carbons (Fsp3) is 0.345. The Balaban J connectivity index is 2.05. The molecule has 0 aliphatic carbocycles. The Labute approximate surface area is 222 Å². The fourth-order valence-corrected chi connectivity index (χ4v) is 4.59. The number of ether oxygens (including phenoxy) is 2. The summed E-state index contributed by atoms with van der Waals surface area (Å²) in [5, 5.41) is 6.39. The Bertz CT molecular complexity index is 1240. The van der Waals surface area contributed by atoms with E-state index < -0.39 is 35.4 Å². The molecule has 0 spiro atoms. The predicted octanol–water partition coefficient (Wildman–Crippen LogP) is 4.82. The zero-order valence-electron chi connectivity index (χ0n) is 22.0. The number of allylic oxidation sites excluding steroid dienone is 2. The maximum absolute atomic E-state index is 13.9. The van der Waals surface area contributed by atoms with Gasteiger partial charge in [0, 0.05) is 28.4 Å². The van der Waals surface area contributed by atoms with Crippen molar-refractivity contribution >= 4 is 29.4 Å². The van der Waals surface area contributed by atoms with Gasteiger partial charge in [-0.25, -0.2) is 9.59 Å². The number of hydrogen-bond acceptors (Lipinski definition) is 6. The highest BCUT2D eigenvalue weighted by molar-refractivity contribution is 6.31. The Hall–Kier alpha value is -3.58. The van der Waals surface area contributed by atoms with E-state index in [9.17, 15) is 14.4 Å². The largest absolute Gasteiger partial charge is 0.466 e. The van der Waals surface area contributed by atoms with Crippen LogP contribution in [-0.2, 0) is 30.3 Å². The van der Waals surface area contributed by atoms with Gasteiger partial charge in [-0.2, -0.15) is 0 Å². The van der Waals surface area contributed by atoms with Gasteiger partial charge in [-0.3, -0.25) is 4.79 Å². The molecule has 1 amide bonds. The van der Waals surface area contributed by atoms with E-state index in [1.54, 1.807) is 58.9 Å². The molecule has 2 N–H and O–H groups in total. The van der Waals surface area contributed by atoms with Gasteiger partial charge in [0.25, 0.3) is 5.91 Å². The van der Waals surface area contributed by atoms with Gasteiger partial charge in [0.2, 0.25) is 0 Å². The summed E-state index contributed by atoms with van der Waals surface area (Å²) in [7, 11) is 1.29. The minimum atomic E-state index is -0.963. The first kappa shape index (κ1) is 28.0. The molecule has 0 saturated carbocycles. The second-order valence-corrected chi connectivity index (χ2v) is 10.3. The number of rotatable bonds is 7. The van der Waals surface area contributed by atoms with Crippen molar-refractivity contribution in [2.24, 2.45) is 0 Å². The van der Waals surface area contributed by atoms with E-state index in [0.717, 1.165) is 5.56 Å². The van der Waals surface area contributed by atoms with E-state index in [0.29, 0.717) is 22.0 Å². The van der Waals surface area contributed by atoms with E-state index in [-0.39, 0.29) is 17.6 Å². The lowest BCUT2D eigenvalue weighted by Gasteiger charge is -2.32. The fourth-order valence-electron chi connectivity index (χ4n) is 4.35. The monoisotopic (exact) mass is 524 g/mol. The Morgan fingerprint density at radius 1 is 0.973 bits per heavy atom. The smallest absolute Gasteiger partial charge is 0.336 e. The van der Waals surface area contributed by atoms with E-state index in [1.165, 1.54) is 7.11 Å². The molecule has 1 unspecified atom stereocenters. The van der Waals surface area contributed by atoms with Crippen LogP contribution in [0.2, 0.25) is 5.02 Å². The summed E-state index contributed by atoms with van der Waals surface area (Å²) in [6.45, 7) is 8.80. The molecule has 196 valence electrons. The van der Waals surface area contributed by atoms with Crippen LogP contribution in [0.1, 0.15) is 51.7 Å². The standard InChI is InChI=1S/C29H33ClN2O5/c1-17-23(25(20-14-10-11-15-21(20)30)24(18(2)31-17)28(35)36-6)26(33)32-22(27(34)37-29(3,4)5)16-19-12-8-7-9-13-19/h7-15,22,25,31H,16H2,1-6H3,(H,32,33)/t22-,25?/m0/s1. The minimum absolute atomic E-state index is 0.233. The summed E-state index contributed by atoms with van der Waals surface area (Å²) in [6.07, 6.45) is 0.233. The van der Waals surface area contributed by atoms with Gasteiger partial charge in [-0.1, -0.05) is 60.1 Å². The maximum Gasteiger partial charge on any atom is 0.336 e. The average Bonchev–Trinajstić information content (AvgIpc) is 2.82. The summed E-state index contributed by atoms with van der Waals surface area (Å²) in [4.78, 5) is 40.0. The third-order valence-electron chi connectivity index (χ3n) is 5.91. The number of carbonyl (C=O) groups excluding carboxylic acids is 3. The Morgan fingerprint density at radius 3 is 2.16 bits per heavy atom. The molecule has 37 heavy (non-hydrogen) atoms. The average molecular weight is 525 g/mol. The number of methoxy groups -OCH3 is 1. The number of benzene rings is 2. The Morgan fingerprint density at radius 2 is 1.57 bits per heavy atom. The molecule has 0 radical (unpaired) electrons. The first-order valence-electron chi connectivity index (χ1n) is 12.0. The van der Waals surface area contributed by atoms with Crippen molar-refractivity contribution in [2.75, 3.05) is 7.11 Å². The molecule has 2 aromatic rings. The molecule has 2 aromatic carbocycles. The molecule has 0 saturated heterocycles. The van der Waals surface area contributed by atoms with Crippen LogP contribution in [-0.4, -0.2) is 36.6 Å². The summed E-state index contributed by atoms with van der Waals surface area (Å²) < 4.78 is 10.7. The lowest BCUT2D eigenvalue weighted by molar-refractivity contribution is -0.158. The zero-order valence-corrected chi connectivity index (χ0v) is 22.7. The maximum atomic E-state index is 13.9. The van der Waals surface area contributed by atoms with E-state index in [2.05, 4.69) is 10.6 Å². The van der Waals surface area contributed by atoms with Crippen molar-refractivity contribution in [3.63, 3.8) is 0 Å². The SMILES string of the molecule is COC(=O)C1=C(C)NC(C)=C(C(=O)N[C@@H](Cc2ccccc2)C(=O)OC(C)(C)C)C1c1ccccc1Cl. The van der Waals surface area contributed by atoms with Crippen LogP contribution in [0.5, 0.6) is 0 Å². The molecule has 3 rings (SSSR count). The molecule has 0 bridgehead atoms. The highest BCUT2D eigenvalue weighted by Gasteiger charge is 2.39.